The molecule has 0 bridgehead atoms. The van der Waals surface area contributed by atoms with E-state index in [9.17, 15) is 9.59 Å². The number of nitrogens with one attached hydrogen (secondary N) is 1. The van der Waals surface area contributed by atoms with E-state index in [2.05, 4.69) is 27.6 Å². The number of fused-ring (bicyclic) bond motifs is 1. The van der Waals surface area contributed by atoms with E-state index >= 15 is 0 Å². The smallest absolute Gasteiger partial charge is 0.251 e. The van der Waals surface area contributed by atoms with Gasteiger partial charge in [-0.3, -0.25) is 9.59 Å². The molecule has 0 unspecified atom stereocenters. The number of rotatable bonds is 4. The molecule has 1 aromatic heterocycles. The summed E-state index contributed by atoms with van der Waals surface area (Å²) in [5, 5.41) is 11.0. The maximum atomic E-state index is 12.5. The molecule has 8 heteroatoms. The predicted octanol–water partition coefficient (Wildman–Crippen LogP) is 0.498. The van der Waals surface area contributed by atoms with E-state index in [4.69, 9.17) is 0 Å². The van der Waals surface area contributed by atoms with Crippen LogP contribution in [0.2, 0.25) is 0 Å². The maximum absolute atomic E-state index is 12.5. The van der Waals surface area contributed by atoms with E-state index in [1.54, 1.807) is 16.8 Å². The van der Waals surface area contributed by atoms with Crippen LogP contribution in [0.3, 0.4) is 0 Å². The molecule has 0 aliphatic carbocycles. The third-order valence-electron chi connectivity index (χ3n) is 5.76. The van der Waals surface area contributed by atoms with E-state index in [-0.39, 0.29) is 11.8 Å². The van der Waals surface area contributed by atoms with Crippen LogP contribution >= 0.6 is 0 Å². The third-order valence-corrected chi connectivity index (χ3v) is 5.76. The van der Waals surface area contributed by atoms with Crippen LogP contribution < -0.4 is 5.32 Å². The molecule has 2 aliphatic rings. The van der Waals surface area contributed by atoms with Gasteiger partial charge >= 0.3 is 0 Å². The summed E-state index contributed by atoms with van der Waals surface area (Å²) >= 11 is 0. The van der Waals surface area contributed by atoms with Crippen LogP contribution in [0.1, 0.15) is 23.2 Å². The normalized spacial score (nSPS) is 19.3. The molecule has 0 radical (unpaired) electrons. The van der Waals surface area contributed by atoms with Gasteiger partial charge in [0.05, 0.1) is 5.52 Å². The zero-order valence-corrected chi connectivity index (χ0v) is 15.9. The lowest BCUT2D eigenvalue weighted by atomic mass is 9.91. The van der Waals surface area contributed by atoms with Gasteiger partial charge in [-0.25, -0.2) is 4.68 Å². The number of aromatic nitrogens is 3. The molecule has 2 saturated heterocycles. The van der Waals surface area contributed by atoms with Crippen molar-refractivity contribution in [1.29, 1.82) is 0 Å². The van der Waals surface area contributed by atoms with Gasteiger partial charge in [-0.15, -0.1) is 5.10 Å². The maximum Gasteiger partial charge on any atom is 0.251 e. The van der Waals surface area contributed by atoms with E-state index in [1.807, 2.05) is 18.0 Å². The summed E-state index contributed by atoms with van der Waals surface area (Å²) in [6, 6.07) is 5.40. The quantitative estimate of drug-likeness (QED) is 0.847. The van der Waals surface area contributed by atoms with Crippen molar-refractivity contribution in [3.05, 3.63) is 23.8 Å². The molecular weight excluding hydrogens is 344 g/mol. The highest BCUT2D eigenvalue weighted by atomic mass is 16.2. The monoisotopic (exact) mass is 370 g/mol. The highest BCUT2D eigenvalue weighted by molar-refractivity contribution is 5.97. The lowest BCUT2D eigenvalue weighted by molar-refractivity contribution is -0.143. The highest BCUT2D eigenvalue weighted by Crippen LogP contribution is 2.24. The zero-order valence-electron chi connectivity index (χ0n) is 15.9. The van der Waals surface area contributed by atoms with Gasteiger partial charge in [-0.2, -0.15) is 0 Å². The van der Waals surface area contributed by atoms with Gasteiger partial charge in [-0.05, 0) is 51.2 Å². The van der Waals surface area contributed by atoms with Crippen molar-refractivity contribution in [3.63, 3.8) is 0 Å². The Labute approximate surface area is 158 Å². The Hall–Kier alpha value is -2.48. The molecular formula is C19H26N6O2. The number of piperidine rings is 1. The molecule has 0 atom stereocenters. The number of amides is 2. The topological polar surface area (TPSA) is 83.4 Å². The largest absolute Gasteiger partial charge is 0.352 e. The lowest BCUT2D eigenvalue weighted by Crippen LogP contribution is -2.56. The van der Waals surface area contributed by atoms with E-state index in [1.165, 1.54) is 0 Å². The van der Waals surface area contributed by atoms with Crippen molar-refractivity contribution in [1.82, 2.24) is 30.1 Å². The summed E-state index contributed by atoms with van der Waals surface area (Å²) in [5.74, 6) is 0.696. The van der Waals surface area contributed by atoms with Crippen LogP contribution in [-0.2, 0) is 11.8 Å². The van der Waals surface area contributed by atoms with Gasteiger partial charge in [0.15, 0.2) is 0 Å². The van der Waals surface area contributed by atoms with Crippen LogP contribution in [0.25, 0.3) is 11.0 Å². The van der Waals surface area contributed by atoms with Crippen molar-refractivity contribution in [2.45, 2.75) is 12.8 Å². The summed E-state index contributed by atoms with van der Waals surface area (Å²) < 4.78 is 1.68. The van der Waals surface area contributed by atoms with E-state index in [0.717, 1.165) is 44.5 Å². The van der Waals surface area contributed by atoms with Crippen LogP contribution in [0, 0.1) is 11.8 Å². The zero-order chi connectivity index (χ0) is 19.0. The SMILES string of the molecule is CN1CCC(C(=O)N2CC(CNC(=O)c3ccc4c(c3)nnn4C)C2)CC1. The Kier molecular flexibility index (Phi) is 4.82. The van der Waals surface area contributed by atoms with E-state index in [0.29, 0.717) is 29.4 Å². The molecule has 1 aromatic carbocycles. The average molecular weight is 370 g/mol. The molecule has 2 fully saturated rings. The molecule has 4 rings (SSSR count). The first-order valence-electron chi connectivity index (χ1n) is 9.56. The molecule has 27 heavy (non-hydrogen) atoms. The average Bonchev–Trinajstić information content (AvgIpc) is 3.01. The fourth-order valence-electron chi connectivity index (χ4n) is 3.91. The Morgan fingerprint density at radius 3 is 2.67 bits per heavy atom. The predicted molar refractivity (Wildman–Crippen MR) is 101 cm³/mol. The first kappa shape index (κ1) is 17.9. The van der Waals surface area contributed by atoms with Gasteiger partial charge in [-0.1, -0.05) is 5.21 Å². The molecule has 1 N–H and O–H groups in total. The number of aryl methyl sites for hydroxylation is 1. The molecule has 0 saturated carbocycles. The number of hydrogen-bond acceptors (Lipinski definition) is 5. The van der Waals surface area contributed by atoms with Crippen molar-refractivity contribution in [2.24, 2.45) is 18.9 Å². The molecule has 3 heterocycles. The molecule has 2 aliphatic heterocycles. The Morgan fingerprint density at radius 2 is 1.93 bits per heavy atom. The second kappa shape index (κ2) is 7.26. The summed E-state index contributed by atoms with van der Waals surface area (Å²) in [6.45, 7) is 4.08. The molecule has 0 spiro atoms. The first-order chi connectivity index (χ1) is 13.0. The van der Waals surface area contributed by atoms with Crippen molar-refractivity contribution in [3.8, 4) is 0 Å². The van der Waals surface area contributed by atoms with Gasteiger partial charge in [0, 0.05) is 44.1 Å². The van der Waals surface area contributed by atoms with Crippen LogP contribution in [-0.4, -0.2) is 76.4 Å². The first-order valence-corrected chi connectivity index (χ1v) is 9.56. The minimum Gasteiger partial charge on any atom is -0.352 e. The number of likely N-dealkylation sites (tertiary alicyclic amines) is 2. The van der Waals surface area contributed by atoms with E-state index < -0.39 is 0 Å². The molecule has 8 nitrogen and oxygen atoms in total. The van der Waals surface area contributed by atoms with Gasteiger partial charge in [0.25, 0.3) is 5.91 Å². The Bertz CT molecular complexity index is 849. The van der Waals surface area contributed by atoms with Gasteiger partial charge < -0.3 is 15.1 Å². The molecule has 2 aromatic rings. The number of hydrogen-bond donors (Lipinski definition) is 1. The number of nitrogens with zero attached hydrogens (tertiary/aromatic N) is 5. The molecule has 2 amide bonds. The highest BCUT2D eigenvalue weighted by Gasteiger charge is 2.35. The number of carbonyl (C=O) groups is 2. The summed E-state index contributed by atoms with van der Waals surface area (Å²) in [7, 11) is 3.93. The van der Waals surface area contributed by atoms with Crippen molar-refractivity contribution >= 4 is 22.8 Å². The van der Waals surface area contributed by atoms with Crippen LogP contribution in [0.5, 0.6) is 0 Å². The summed E-state index contributed by atoms with van der Waals surface area (Å²) in [4.78, 5) is 29.1. The lowest BCUT2D eigenvalue weighted by Gasteiger charge is -2.42. The third kappa shape index (κ3) is 3.66. The van der Waals surface area contributed by atoms with Gasteiger partial charge in [0.1, 0.15) is 5.52 Å². The standard InChI is InChI=1S/C19H26N6O2/c1-23-7-5-14(6-8-23)19(27)25-11-13(12-25)10-20-18(26)15-3-4-17-16(9-15)21-22-24(17)2/h3-4,9,13-14H,5-8,10-12H2,1-2H3,(H,20,26). The van der Waals surface area contributed by atoms with Gasteiger partial charge in [0.2, 0.25) is 5.91 Å². The second-order valence-corrected chi connectivity index (χ2v) is 7.81. The minimum absolute atomic E-state index is 0.109. The molecule has 144 valence electrons. The summed E-state index contributed by atoms with van der Waals surface area (Å²) in [5.41, 5.74) is 2.19. The fraction of sp³-hybridized carbons (Fsp3) is 0.579. The minimum atomic E-state index is -0.109. The van der Waals surface area contributed by atoms with Crippen LogP contribution in [0.15, 0.2) is 18.2 Å². The Balaban J connectivity index is 1.24. The van der Waals surface area contributed by atoms with Crippen LogP contribution in [0.4, 0.5) is 0 Å². The fourth-order valence-corrected chi connectivity index (χ4v) is 3.91. The summed E-state index contributed by atoms with van der Waals surface area (Å²) in [6.07, 6.45) is 1.91. The van der Waals surface area contributed by atoms with Crippen molar-refractivity contribution in [2.75, 3.05) is 39.8 Å². The Morgan fingerprint density at radius 1 is 1.19 bits per heavy atom. The van der Waals surface area contributed by atoms with Crippen molar-refractivity contribution < 1.29 is 9.59 Å². The number of benzene rings is 1. The number of carbonyl (C=O) groups excluding carboxylic acids is 2. The second-order valence-electron chi connectivity index (χ2n) is 7.81.